The summed E-state index contributed by atoms with van der Waals surface area (Å²) in [5.74, 6) is -0.928. The van der Waals surface area contributed by atoms with E-state index < -0.39 is 21.0 Å². The highest BCUT2D eigenvalue weighted by molar-refractivity contribution is 7.92. The first-order valence-corrected chi connectivity index (χ1v) is 10.8. The minimum atomic E-state index is -3.76. The van der Waals surface area contributed by atoms with Gasteiger partial charge in [0.05, 0.1) is 0 Å². The number of benzene rings is 2. The van der Waals surface area contributed by atoms with Crippen LogP contribution >= 0.6 is 0 Å². The zero-order valence-corrected chi connectivity index (χ0v) is 16.8. The minimum Gasteiger partial charge on any atom is -0.351 e. The van der Waals surface area contributed by atoms with Crippen molar-refractivity contribution in [1.82, 2.24) is 14.9 Å². The van der Waals surface area contributed by atoms with Crippen LogP contribution in [0.5, 0.6) is 0 Å². The molecule has 0 spiro atoms. The number of amides is 1. The van der Waals surface area contributed by atoms with E-state index in [4.69, 9.17) is 0 Å². The molecule has 0 saturated heterocycles. The molecule has 0 saturated carbocycles. The maximum atomic E-state index is 12.9. The van der Waals surface area contributed by atoms with Crippen molar-refractivity contribution in [3.8, 4) is 0 Å². The summed E-state index contributed by atoms with van der Waals surface area (Å²) in [7, 11) is -3.76. The number of imidazole rings is 1. The Hall–Kier alpha value is -3.00. The van der Waals surface area contributed by atoms with E-state index in [1.54, 1.807) is 17.0 Å². The fourth-order valence-electron chi connectivity index (χ4n) is 2.81. The molecular formula is C21H22FN3O3S. The van der Waals surface area contributed by atoms with Crippen molar-refractivity contribution >= 4 is 15.7 Å². The first kappa shape index (κ1) is 20.7. The van der Waals surface area contributed by atoms with Crippen LogP contribution in [0, 0.1) is 5.82 Å². The fourth-order valence-corrected chi connectivity index (χ4v) is 4.07. The number of hydrogen-bond acceptors (Lipinski definition) is 4. The van der Waals surface area contributed by atoms with Crippen molar-refractivity contribution in [3.63, 3.8) is 0 Å². The van der Waals surface area contributed by atoms with E-state index in [1.807, 2.05) is 30.3 Å². The van der Waals surface area contributed by atoms with Gasteiger partial charge in [-0.25, -0.2) is 17.8 Å². The number of hydrogen-bond donors (Lipinski definition) is 1. The van der Waals surface area contributed by atoms with Gasteiger partial charge in [-0.1, -0.05) is 42.5 Å². The zero-order chi connectivity index (χ0) is 20.9. The summed E-state index contributed by atoms with van der Waals surface area (Å²) in [5.41, 5.74) is 1.71. The molecule has 1 atom stereocenters. The minimum absolute atomic E-state index is 0.127. The van der Waals surface area contributed by atoms with Gasteiger partial charge in [0, 0.05) is 25.5 Å². The summed E-state index contributed by atoms with van der Waals surface area (Å²) in [6.45, 7) is 1.98. The van der Waals surface area contributed by atoms with Crippen molar-refractivity contribution in [2.24, 2.45) is 0 Å². The Morgan fingerprint density at radius 1 is 1.10 bits per heavy atom. The lowest BCUT2D eigenvalue weighted by Crippen LogP contribution is -2.38. The predicted molar refractivity (Wildman–Crippen MR) is 108 cm³/mol. The molecular weight excluding hydrogens is 393 g/mol. The number of aromatic nitrogens is 2. The summed E-state index contributed by atoms with van der Waals surface area (Å²) in [6, 6.07) is 15.3. The predicted octanol–water partition coefficient (Wildman–Crippen LogP) is 2.69. The average molecular weight is 415 g/mol. The Balaban J connectivity index is 1.63. The summed E-state index contributed by atoms with van der Waals surface area (Å²) < 4.78 is 40.2. The van der Waals surface area contributed by atoms with Crippen molar-refractivity contribution < 1.29 is 17.6 Å². The molecule has 0 aliphatic rings. The fraction of sp³-hybridized carbons (Fsp3) is 0.238. The topological polar surface area (TPSA) is 81.1 Å². The molecule has 0 radical (unpaired) electrons. The van der Waals surface area contributed by atoms with E-state index >= 15 is 0 Å². The van der Waals surface area contributed by atoms with E-state index in [-0.39, 0.29) is 18.1 Å². The van der Waals surface area contributed by atoms with Gasteiger partial charge in [-0.2, -0.15) is 0 Å². The molecule has 1 unspecified atom stereocenters. The zero-order valence-electron chi connectivity index (χ0n) is 16.0. The van der Waals surface area contributed by atoms with Gasteiger partial charge < -0.3 is 9.88 Å². The standard InChI is InChI=1S/C21H22FN3O3S/c1-16(21(26)24-13-17-7-9-19(22)10-8-17)29(27,28)15-20-23-11-12-25(20)14-18-5-3-2-4-6-18/h2-12,16H,13-15H2,1H3,(H,24,26). The summed E-state index contributed by atoms with van der Waals surface area (Å²) >= 11 is 0. The molecule has 29 heavy (non-hydrogen) atoms. The van der Waals surface area contributed by atoms with E-state index in [0.29, 0.717) is 17.9 Å². The third-order valence-electron chi connectivity index (χ3n) is 4.62. The molecule has 0 aliphatic heterocycles. The lowest BCUT2D eigenvalue weighted by Gasteiger charge is -2.14. The normalized spacial score (nSPS) is 12.5. The Morgan fingerprint density at radius 2 is 1.79 bits per heavy atom. The Kier molecular flexibility index (Phi) is 6.43. The highest BCUT2D eigenvalue weighted by atomic mass is 32.2. The van der Waals surface area contributed by atoms with Gasteiger partial charge in [-0.15, -0.1) is 0 Å². The lowest BCUT2D eigenvalue weighted by atomic mass is 10.2. The van der Waals surface area contributed by atoms with Crippen molar-refractivity contribution in [3.05, 3.63) is 89.8 Å². The Morgan fingerprint density at radius 3 is 2.48 bits per heavy atom. The van der Waals surface area contributed by atoms with Crippen LogP contribution in [0.15, 0.2) is 67.0 Å². The van der Waals surface area contributed by atoms with Gasteiger partial charge >= 0.3 is 0 Å². The summed E-state index contributed by atoms with van der Waals surface area (Å²) in [6.07, 6.45) is 3.27. The summed E-state index contributed by atoms with van der Waals surface area (Å²) in [5, 5.41) is 1.36. The second-order valence-corrected chi connectivity index (χ2v) is 9.07. The summed E-state index contributed by atoms with van der Waals surface area (Å²) in [4.78, 5) is 16.5. The molecule has 1 aromatic heterocycles. The van der Waals surface area contributed by atoms with E-state index in [9.17, 15) is 17.6 Å². The average Bonchev–Trinajstić information content (AvgIpc) is 3.13. The number of nitrogens with zero attached hydrogens (tertiary/aromatic N) is 2. The van der Waals surface area contributed by atoms with Gasteiger partial charge in [-0.3, -0.25) is 4.79 Å². The third kappa shape index (κ3) is 5.51. The largest absolute Gasteiger partial charge is 0.351 e. The molecule has 1 amide bonds. The second-order valence-electron chi connectivity index (χ2n) is 6.75. The number of rotatable bonds is 8. The number of halogens is 1. The molecule has 3 rings (SSSR count). The van der Waals surface area contributed by atoms with Crippen LogP contribution in [0.2, 0.25) is 0 Å². The molecule has 0 fully saturated rings. The van der Waals surface area contributed by atoms with Gasteiger partial charge in [0.1, 0.15) is 22.6 Å². The Labute approximate surface area is 169 Å². The molecule has 6 nitrogen and oxygen atoms in total. The molecule has 8 heteroatoms. The van der Waals surface area contributed by atoms with E-state index in [1.165, 1.54) is 31.2 Å². The molecule has 0 bridgehead atoms. The van der Waals surface area contributed by atoms with Crippen LogP contribution in [0.4, 0.5) is 4.39 Å². The van der Waals surface area contributed by atoms with Crippen molar-refractivity contribution in [1.29, 1.82) is 0 Å². The van der Waals surface area contributed by atoms with Gasteiger partial charge in [0.25, 0.3) is 0 Å². The van der Waals surface area contributed by atoms with Crippen molar-refractivity contribution in [2.45, 2.75) is 31.0 Å². The number of carbonyl (C=O) groups is 1. The van der Waals surface area contributed by atoms with Crippen LogP contribution in [0.1, 0.15) is 23.9 Å². The monoisotopic (exact) mass is 415 g/mol. The van der Waals surface area contributed by atoms with E-state index in [0.717, 1.165) is 5.56 Å². The van der Waals surface area contributed by atoms with Crippen LogP contribution in [-0.4, -0.2) is 29.1 Å². The highest BCUT2D eigenvalue weighted by Gasteiger charge is 2.29. The number of sulfone groups is 1. The maximum Gasteiger partial charge on any atom is 0.238 e. The third-order valence-corrected chi connectivity index (χ3v) is 6.57. The van der Waals surface area contributed by atoms with Crippen molar-refractivity contribution in [2.75, 3.05) is 0 Å². The first-order chi connectivity index (χ1) is 13.8. The molecule has 152 valence electrons. The SMILES string of the molecule is CC(C(=O)NCc1ccc(F)cc1)S(=O)(=O)Cc1nccn1Cc1ccccc1. The van der Waals surface area contributed by atoms with Crippen LogP contribution in [0.3, 0.4) is 0 Å². The van der Waals surface area contributed by atoms with E-state index in [2.05, 4.69) is 10.3 Å². The van der Waals surface area contributed by atoms with Gasteiger partial charge in [-0.05, 0) is 30.2 Å². The molecule has 1 heterocycles. The highest BCUT2D eigenvalue weighted by Crippen LogP contribution is 2.13. The number of carbonyl (C=O) groups excluding carboxylic acids is 1. The lowest BCUT2D eigenvalue weighted by molar-refractivity contribution is -0.120. The molecule has 2 aromatic carbocycles. The quantitative estimate of drug-likeness (QED) is 0.613. The second kappa shape index (κ2) is 9.00. The van der Waals surface area contributed by atoms with Gasteiger partial charge in [0.15, 0.2) is 9.84 Å². The molecule has 3 aromatic rings. The molecule has 1 N–H and O–H groups in total. The number of nitrogens with one attached hydrogen (secondary N) is 1. The smallest absolute Gasteiger partial charge is 0.238 e. The Bertz CT molecular complexity index is 1060. The van der Waals surface area contributed by atoms with Crippen LogP contribution in [-0.2, 0) is 33.5 Å². The maximum absolute atomic E-state index is 12.9. The molecule has 0 aliphatic carbocycles. The van der Waals surface area contributed by atoms with Gasteiger partial charge in [0.2, 0.25) is 5.91 Å². The van der Waals surface area contributed by atoms with Crippen LogP contribution < -0.4 is 5.32 Å². The first-order valence-electron chi connectivity index (χ1n) is 9.13. The van der Waals surface area contributed by atoms with Crippen LogP contribution in [0.25, 0.3) is 0 Å².